The first-order valence-electron chi connectivity index (χ1n) is 5.27. The molecule has 0 saturated carbocycles. The van der Waals surface area contributed by atoms with Crippen molar-refractivity contribution < 1.29 is 4.74 Å². The maximum absolute atomic E-state index is 5.95. The highest BCUT2D eigenvalue weighted by Crippen LogP contribution is 2.45. The van der Waals surface area contributed by atoms with Gasteiger partial charge in [-0.05, 0) is 19.0 Å². The lowest BCUT2D eigenvalue weighted by atomic mass is 9.74. The molecule has 1 aromatic rings. The van der Waals surface area contributed by atoms with Gasteiger partial charge in [0.25, 0.3) is 0 Å². The molecule has 2 aliphatic heterocycles. The van der Waals surface area contributed by atoms with Crippen LogP contribution in [-0.2, 0) is 5.41 Å². The van der Waals surface area contributed by atoms with Gasteiger partial charge in [-0.1, -0.05) is 25.1 Å². The summed E-state index contributed by atoms with van der Waals surface area (Å²) < 4.78 is 5.95. The van der Waals surface area contributed by atoms with Gasteiger partial charge in [-0.15, -0.1) is 0 Å². The maximum atomic E-state index is 5.95. The van der Waals surface area contributed by atoms with E-state index in [1.54, 1.807) is 0 Å². The van der Waals surface area contributed by atoms with Gasteiger partial charge < -0.3 is 10.1 Å². The van der Waals surface area contributed by atoms with E-state index in [1.807, 2.05) is 6.07 Å². The van der Waals surface area contributed by atoms with Crippen molar-refractivity contribution in [3.8, 4) is 5.75 Å². The zero-order chi connectivity index (χ0) is 9.60. The molecule has 2 heterocycles. The lowest BCUT2D eigenvalue weighted by molar-refractivity contribution is 0.124. The molecule has 1 saturated heterocycles. The van der Waals surface area contributed by atoms with E-state index < -0.39 is 0 Å². The third kappa shape index (κ3) is 0.947. The van der Waals surface area contributed by atoms with Crippen molar-refractivity contribution in [2.75, 3.05) is 13.1 Å². The molecule has 0 amide bonds. The van der Waals surface area contributed by atoms with Gasteiger partial charge in [0.1, 0.15) is 11.9 Å². The molecule has 3 rings (SSSR count). The summed E-state index contributed by atoms with van der Waals surface area (Å²) in [6.45, 7) is 4.40. The Balaban J connectivity index is 2.10. The Labute approximate surface area is 84.3 Å². The van der Waals surface area contributed by atoms with E-state index in [0.29, 0.717) is 6.10 Å². The van der Waals surface area contributed by atoms with E-state index in [-0.39, 0.29) is 5.41 Å². The average molecular weight is 189 g/mol. The molecule has 2 heteroatoms. The summed E-state index contributed by atoms with van der Waals surface area (Å²) >= 11 is 0. The number of ether oxygens (including phenoxy) is 1. The molecule has 1 N–H and O–H groups in total. The summed E-state index contributed by atoms with van der Waals surface area (Å²) in [4.78, 5) is 0. The minimum absolute atomic E-state index is 0.238. The van der Waals surface area contributed by atoms with Crippen LogP contribution in [0.4, 0.5) is 0 Å². The first kappa shape index (κ1) is 8.30. The lowest BCUT2D eigenvalue weighted by Gasteiger charge is -2.35. The third-order valence-electron chi connectivity index (χ3n) is 3.63. The summed E-state index contributed by atoms with van der Waals surface area (Å²) in [6, 6.07) is 8.45. The van der Waals surface area contributed by atoms with Crippen LogP contribution >= 0.6 is 0 Å². The Hall–Kier alpha value is -1.02. The molecule has 0 spiro atoms. The van der Waals surface area contributed by atoms with Gasteiger partial charge in [0.15, 0.2) is 0 Å². The van der Waals surface area contributed by atoms with Gasteiger partial charge in [-0.2, -0.15) is 0 Å². The molecule has 1 fully saturated rings. The maximum Gasteiger partial charge on any atom is 0.123 e. The Bertz CT molecular complexity index is 363. The quantitative estimate of drug-likeness (QED) is 0.670. The zero-order valence-electron chi connectivity index (χ0n) is 8.42. The monoisotopic (exact) mass is 189 g/mol. The molecule has 2 nitrogen and oxygen atoms in total. The molecule has 74 valence electrons. The molecule has 1 aromatic carbocycles. The molecule has 14 heavy (non-hydrogen) atoms. The smallest absolute Gasteiger partial charge is 0.123 e. The molecular formula is C12H15NO. The van der Waals surface area contributed by atoms with E-state index in [0.717, 1.165) is 18.8 Å². The van der Waals surface area contributed by atoms with E-state index in [2.05, 4.69) is 30.4 Å². The Morgan fingerprint density at radius 2 is 2.29 bits per heavy atom. The first-order chi connectivity index (χ1) is 6.81. The van der Waals surface area contributed by atoms with Gasteiger partial charge in [0.05, 0.1) is 0 Å². The highest BCUT2D eigenvalue weighted by molar-refractivity contribution is 5.45. The number of piperidine rings is 1. The van der Waals surface area contributed by atoms with Crippen molar-refractivity contribution >= 4 is 0 Å². The largest absolute Gasteiger partial charge is 0.488 e. The van der Waals surface area contributed by atoms with E-state index in [1.165, 1.54) is 12.0 Å². The van der Waals surface area contributed by atoms with Gasteiger partial charge in [0.2, 0.25) is 0 Å². The zero-order valence-corrected chi connectivity index (χ0v) is 8.42. The van der Waals surface area contributed by atoms with Gasteiger partial charge in [-0.25, -0.2) is 0 Å². The lowest BCUT2D eigenvalue weighted by Crippen LogP contribution is -2.49. The molecular weight excluding hydrogens is 174 g/mol. The number of benzene rings is 1. The van der Waals surface area contributed by atoms with E-state index in [9.17, 15) is 0 Å². The number of hydrogen-bond acceptors (Lipinski definition) is 2. The fraction of sp³-hybridized carbons (Fsp3) is 0.500. The Kier molecular flexibility index (Phi) is 1.62. The fourth-order valence-electron chi connectivity index (χ4n) is 2.64. The van der Waals surface area contributed by atoms with Crippen LogP contribution in [0.15, 0.2) is 24.3 Å². The second-order valence-electron chi connectivity index (χ2n) is 4.47. The second kappa shape index (κ2) is 2.74. The molecule has 2 unspecified atom stereocenters. The summed E-state index contributed by atoms with van der Waals surface area (Å²) in [7, 11) is 0. The SMILES string of the molecule is CC12CCNCC1Oc1ccccc12. The fourth-order valence-corrected chi connectivity index (χ4v) is 2.64. The average Bonchev–Trinajstić information content (AvgIpc) is 2.51. The molecule has 2 aliphatic rings. The molecule has 2 atom stereocenters. The number of fused-ring (bicyclic) bond motifs is 3. The van der Waals surface area contributed by atoms with Crippen molar-refractivity contribution in [2.45, 2.75) is 24.9 Å². The third-order valence-corrected chi connectivity index (χ3v) is 3.63. The standard InChI is InChI=1S/C12H15NO/c1-12-6-7-13-8-11(12)14-10-5-3-2-4-9(10)12/h2-5,11,13H,6-8H2,1H3. The molecule has 0 bridgehead atoms. The van der Waals surface area contributed by atoms with Crippen LogP contribution in [0.1, 0.15) is 18.9 Å². The number of nitrogens with one attached hydrogen (secondary N) is 1. The van der Waals surface area contributed by atoms with E-state index in [4.69, 9.17) is 4.74 Å². The van der Waals surface area contributed by atoms with Crippen molar-refractivity contribution in [1.82, 2.24) is 5.32 Å². The van der Waals surface area contributed by atoms with Gasteiger partial charge in [0, 0.05) is 17.5 Å². The minimum Gasteiger partial charge on any atom is -0.488 e. The highest BCUT2D eigenvalue weighted by Gasteiger charge is 2.46. The van der Waals surface area contributed by atoms with Crippen molar-refractivity contribution in [3.05, 3.63) is 29.8 Å². The number of hydrogen-bond donors (Lipinski definition) is 1. The summed E-state index contributed by atoms with van der Waals surface area (Å²) in [5.41, 5.74) is 1.63. The summed E-state index contributed by atoms with van der Waals surface area (Å²) in [5.74, 6) is 1.09. The van der Waals surface area contributed by atoms with Crippen LogP contribution in [0.25, 0.3) is 0 Å². The van der Waals surface area contributed by atoms with Crippen LogP contribution < -0.4 is 10.1 Å². The molecule has 0 aromatic heterocycles. The minimum atomic E-state index is 0.238. The second-order valence-corrected chi connectivity index (χ2v) is 4.47. The summed E-state index contributed by atoms with van der Waals surface area (Å²) in [5, 5.41) is 3.39. The normalized spacial score (nSPS) is 34.5. The van der Waals surface area contributed by atoms with Crippen LogP contribution in [0.3, 0.4) is 0 Å². The number of para-hydroxylation sites is 1. The predicted molar refractivity (Wildman–Crippen MR) is 55.7 cm³/mol. The van der Waals surface area contributed by atoms with E-state index >= 15 is 0 Å². The van der Waals surface area contributed by atoms with Crippen LogP contribution in [-0.4, -0.2) is 19.2 Å². The van der Waals surface area contributed by atoms with Gasteiger partial charge >= 0.3 is 0 Å². The van der Waals surface area contributed by atoms with Crippen molar-refractivity contribution in [2.24, 2.45) is 0 Å². The molecule has 0 aliphatic carbocycles. The Morgan fingerprint density at radius 1 is 1.43 bits per heavy atom. The van der Waals surface area contributed by atoms with Crippen LogP contribution in [0, 0.1) is 0 Å². The van der Waals surface area contributed by atoms with Crippen LogP contribution in [0.2, 0.25) is 0 Å². The van der Waals surface area contributed by atoms with Crippen LogP contribution in [0.5, 0.6) is 5.75 Å². The first-order valence-corrected chi connectivity index (χ1v) is 5.27. The van der Waals surface area contributed by atoms with Crippen molar-refractivity contribution in [1.29, 1.82) is 0 Å². The highest BCUT2D eigenvalue weighted by atomic mass is 16.5. The summed E-state index contributed by atoms with van der Waals surface area (Å²) in [6.07, 6.45) is 1.50. The number of rotatable bonds is 0. The topological polar surface area (TPSA) is 21.3 Å². The van der Waals surface area contributed by atoms with Crippen molar-refractivity contribution in [3.63, 3.8) is 0 Å². The molecule has 0 radical (unpaired) electrons. The predicted octanol–water partition coefficient (Wildman–Crippen LogP) is 1.70. The van der Waals surface area contributed by atoms with Gasteiger partial charge in [-0.3, -0.25) is 0 Å². The Morgan fingerprint density at radius 3 is 3.21 bits per heavy atom.